The molecule has 51 heavy (non-hydrogen) atoms. The summed E-state index contributed by atoms with van der Waals surface area (Å²) in [6.45, 7) is 21.0. The third-order valence-corrected chi connectivity index (χ3v) is 10.9. The van der Waals surface area contributed by atoms with Gasteiger partial charge in [-0.1, -0.05) is 147 Å². The molecule has 0 unspecified atom stereocenters. The summed E-state index contributed by atoms with van der Waals surface area (Å²) >= 11 is 0. The van der Waals surface area contributed by atoms with E-state index in [9.17, 15) is 0 Å². The first-order chi connectivity index (χ1) is 24.2. The summed E-state index contributed by atoms with van der Waals surface area (Å²) in [6.07, 6.45) is 0. The van der Waals surface area contributed by atoms with Crippen LogP contribution in [-0.2, 0) is 16.2 Å². The van der Waals surface area contributed by atoms with Crippen LogP contribution in [0.4, 0.5) is 34.1 Å². The molecule has 8 rings (SSSR count). The van der Waals surface area contributed by atoms with Gasteiger partial charge >= 0.3 is 0 Å². The van der Waals surface area contributed by atoms with Crippen LogP contribution in [0.2, 0.25) is 0 Å². The summed E-state index contributed by atoms with van der Waals surface area (Å²) in [5.74, 6) is 0. The van der Waals surface area contributed by atoms with E-state index >= 15 is 0 Å². The van der Waals surface area contributed by atoms with E-state index in [2.05, 4.69) is 206 Å². The van der Waals surface area contributed by atoms with Crippen LogP contribution in [0.5, 0.6) is 0 Å². The lowest BCUT2D eigenvalue weighted by atomic mass is 9.36. The van der Waals surface area contributed by atoms with E-state index in [0.717, 1.165) is 17.1 Å². The van der Waals surface area contributed by atoms with Gasteiger partial charge in [0, 0.05) is 34.1 Å². The number of para-hydroxylation sites is 2. The first-order valence-corrected chi connectivity index (χ1v) is 18.5. The molecule has 254 valence electrons. The minimum absolute atomic E-state index is 0.0295. The molecule has 2 aliphatic heterocycles. The summed E-state index contributed by atoms with van der Waals surface area (Å²) in [5.41, 5.74) is 18.2. The van der Waals surface area contributed by atoms with Crippen LogP contribution >= 0.6 is 0 Å². The van der Waals surface area contributed by atoms with Gasteiger partial charge in [0.25, 0.3) is 0 Å². The highest BCUT2D eigenvalue weighted by Gasteiger charge is 2.44. The first kappa shape index (κ1) is 33.1. The molecular weight excluding hydrogens is 615 g/mol. The molecule has 6 aromatic rings. The van der Waals surface area contributed by atoms with Crippen LogP contribution < -0.4 is 26.2 Å². The zero-order valence-electron chi connectivity index (χ0n) is 31.7. The van der Waals surface area contributed by atoms with Crippen molar-refractivity contribution in [2.24, 2.45) is 0 Å². The maximum atomic E-state index is 2.54. The second-order valence-corrected chi connectivity index (χ2v) is 17.6. The molecule has 0 bridgehead atoms. The van der Waals surface area contributed by atoms with E-state index in [1.165, 1.54) is 61.3 Å². The minimum Gasteiger partial charge on any atom is -0.311 e. The molecule has 0 atom stereocenters. The van der Waals surface area contributed by atoms with Gasteiger partial charge in [0.15, 0.2) is 0 Å². The molecule has 0 saturated carbocycles. The van der Waals surface area contributed by atoms with Crippen molar-refractivity contribution in [3.63, 3.8) is 0 Å². The minimum atomic E-state index is 0.0295. The molecule has 0 fully saturated rings. The quantitative estimate of drug-likeness (QED) is 0.173. The van der Waals surface area contributed by atoms with Crippen molar-refractivity contribution < 1.29 is 0 Å². The summed E-state index contributed by atoms with van der Waals surface area (Å²) in [4.78, 5) is 4.95. The SMILES string of the molecule is CC(C)(C)c1ccc(N2c3ccc(C(C)(C)C)cc3B3c4cc(C(C)(C)C)ccc4-c4cc(N(c5ccccc5)c5ccccc5)cc2c43)cc1. The van der Waals surface area contributed by atoms with Gasteiger partial charge in [0.2, 0.25) is 6.71 Å². The molecule has 3 heteroatoms. The number of benzene rings is 6. The van der Waals surface area contributed by atoms with Crippen molar-refractivity contribution in [1.82, 2.24) is 0 Å². The lowest BCUT2D eigenvalue weighted by Crippen LogP contribution is -2.55. The molecule has 0 aliphatic carbocycles. The van der Waals surface area contributed by atoms with Crippen molar-refractivity contribution >= 4 is 57.2 Å². The van der Waals surface area contributed by atoms with Crippen molar-refractivity contribution in [2.45, 2.75) is 78.6 Å². The van der Waals surface area contributed by atoms with E-state index < -0.39 is 0 Å². The summed E-state index contributed by atoms with van der Waals surface area (Å²) in [7, 11) is 0. The average Bonchev–Trinajstić information content (AvgIpc) is 3.43. The maximum absolute atomic E-state index is 2.54. The number of anilines is 6. The van der Waals surface area contributed by atoms with E-state index in [-0.39, 0.29) is 23.0 Å². The maximum Gasteiger partial charge on any atom is 0.248 e. The standard InChI is InChI=1S/C48H49BN2/c1-46(2,3)32-20-24-37(25-21-32)51-43-27-23-34(48(7,8)9)29-42(43)49-41-28-33(47(4,5)6)22-26-39(41)40-30-38(31-44(51)45(40)49)50(35-16-12-10-13-17-35)36-18-14-11-15-19-36/h10-31H,1-9H3. The molecular formula is C48H49BN2. The zero-order chi connectivity index (χ0) is 35.9. The van der Waals surface area contributed by atoms with Crippen molar-refractivity contribution in [2.75, 3.05) is 9.80 Å². The fourth-order valence-electron chi connectivity index (χ4n) is 8.03. The van der Waals surface area contributed by atoms with Gasteiger partial charge in [0.1, 0.15) is 0 Å². The molecule has 2 heterocycles. The van der Waals surface area contributed by atoms with Crippen molar-refractivity contribution in [3.8, 4) is 11.1 Å². The van der Waals surface area contributed by atoms with Crippen LogP contribution in [0, 0.1) is 0 Å². The smallest absolute Gasteiger partial charge is 0.248 e. The second kappa shape index (κ2) is 11.8. The predicted molar refractivity (Wildman–Crippen MR) is 222 cm³/mol. The van der Waals surface area contributed by atoms with Crippen LogP contribution in [-0.4, -0.2) is 6.71 Å². The molecule has 0 saturated heterocycles. The fourth-order valence-corrected chi connectivity index (χ4v) is 8.03. The van der Waals surface area contributed by atoms with E-state index in [1.54, 1.807) is 0 Å². The Bertz CT molecular complexity index is 2210. The Morgan fingerprint density at radius 2 is 0.941 bits per heavy atom. The van der Waals surface area contributed by atoms with Crippen molar-refractivity contribution in [1.29, 1.82) is 0 Å². The van der Waals surface area contributed by atoms with Crippen molar-refractivity contribution in [3.05, 3.63) is 150 Å². The molecule has 0 spiro atoms. The Hall–Kier alpha value is -5.02. The van der Waals surface area contributed by atoms with Gasteiger partial charge in [-0.25, -0.2) is 0 Å². The topological polar surface area (TPSA) is 6.48 Å². The third-order valence-electron chi connectivity index (χ3n) is 10.9. The van der Waals surface area contributed by atoms with Gasteiger partial charge in [-0.05, 0) is 110 Å². The Kier molecular flexibility index (Phi) is 7.65. The number of nitrogens with zero attached hydrogens (tertiary/aromatic N) is 2. The fraction of sp³-hybridized carbons (Fsp3) is 0.250. The Morgan fingerprint density at radius 3 is 1.49 bits per heavy atom. The second-order valence-electron chi connectivity index (χ2n) is 17.6. The lowest BCUT2D eigenvalue weighted by molar-refractivity contribution is 0.590. The summed E-state index contributed by atoms with van der Waals surface area (Å²) in [6, 6.07) is 50.3. The van der Waals surface area contributed by atoms with Crippen LogP contribution in [0.25, 0.3) is 11.1 Å². The molecule has 0 N–H and O–H groups in total. The highest BCUT2D eigenvalue weighted by Crippen LogP contribution is 2.46. The van der Waals surface area contributed by atoms with E-state index in [4.69, 9.17) is 0 Å². The lowest BCUT2D eigenvalue weighted by Gasteiger charge is -2.38. The van der Waals surface area contributed by atoms with Crippen LogP contribution in [0.15, 0.2) is 133 Å². The van der Waals surface area contributed by atoms with Gasteiger partial charge in [-0.3, -0.25) is 0 Å². The van der Waals surface area contributed by atoms with E-state index in [1.807, 2.05) is 0 Å². The zero-order valence-corrected chi connectivity index (χ0v) is 31.7. The Labute approximate surface area is 305 Å². The highest BCUT2D eigenvalue weighted by atomic mass is 15.2. The number of hydrogen-bond acceptors (Lipinski definition) is 2. The van der Waals surface area contributed by atoms with Gasteiger partial charge < -0.3 is 9.80 Å². The monoisotopic (exact) mass is 664 g/mol. The molecule has 2 aliphatic rings. The van der Waals surface area contributed by atoms with E-state index in [0.29, 0.717) is 0 Å². The van der Waals surface area contributed by atoms with Gasteiger partial charge in [-0.2, -0.15) is 0 Å². The number of rotatable bonds is 4. The molecule has 0 radical (unpaired) electrons. The average molecular weight is 665 g/mol. The Morgan fingerprint density at radius 1 is 0.431 bits per heavy atom. The number of fused-ring (bicyclic) bond motifs is 5. The molecule has 6 aromatic carbocycles. The Balaban J connectivity index is 1.46. The summed E-state index contributed by atoms with van der Waals surface area (Å²) < 4.78 is 0. The normalized spacial score (nSPS) is 13.5. The van der Waals surface area contributed by atoms with Crippen LogP contribution in [0.3, 0.4) is 0 Å². The first-order valence-electron chi connectivity index (χ1n) is 18.5. The largest absolute Gasteiger partial charge is 0.311 e. The van der Waals surface area contributed by atoms with Gasteiger partial charge in [0.05, 0.1) is 0 Å². The predicted octanol–water partition coefficient (Wildman–Crippen LogP) is 11.3. The molecule has 0 aromatic heterocycles. The molecule has 0 amide bonds. The molecule has 2 nitrogen and oxygen atoms in total. The highest BCUT2D eigenvalue weighted by molar-refractivity contribution is 7.01. The van der Waals surface area contributed by atoms with Gasteiger partial charge in [-0.15, -0.1) is 0 Å². The van der Waals surface area contributed by atoms with Crippen LogP contribution in [0.1, 0.15) is 79.0 Å². The summed E-state index contributed by atoms with van der Waals surface area (Å²) in [5, 5.41) is 0. The third kappa shape index (κ3) is 5.68. The number of hydrogen-bond donors (Lipinski definition) is 0.